The Balaban J connectivity index is 1.60. The van der Waals surface area contributed by atoms with Crippen LogP contribution in [-0.4, -0.2) is 40.5 Å². The van der Waals surface area contributed by atoms with Crippen LogP contribution in [0.2, 0.25) is 0 Å². The summed E-state index contributed by atoms with van der Waals surface area (Å²) in [5, 5.41) is 0. The van der Waals surface area contributed by atoms with Crippen LogP contribution in [0, 0.1) is 12.7 Å². The summed E-state index contributed by atoms with van der Waals surface area (Å²) in [6.45, 7) is 3.39. The van der Waals surface area contributed by atoms with Gasteiger partial charge in [-0.15, -0.1) is 0 Å². The van der Waals surface area contributed by atoms with E-state index in [0.29, 0.717) is 5.56 Å². The van der Waals surface area contributed by atoms with E-state index in [1.807, 2.05) is 25.1 Å². The number of halogens is 1. The van der Waals surface area contributed by atoms with Crippen molar-refractivity contribution in [2.75, 3.05) is 32.1 Å². The van der Waals surface area contributed by atoms with Crippen LogP contribution < -0.4 is 9.62 Å². The minimum absolute atomic E-state index is 0.0760. The molecule has 1 aliphatic rings. The van der Waals surface area contributed by atoms with Gasteiger partial charge in [0.2, 0.25) is 10.0 Å². The highest BCUT2D eigenvalue weighted by Gasteiger charge is 2.27. The molecule has 174 valence electrons. The molecule has 7 heteroatoms. The first kappa shape index (κ1) is 23.4. The molecule has 0 unspecified atom stereocenters. The van der Waals surface area contributed by atoms with Crippen molar-refractivity contribution in [3.8, 4) is 0 Å². The Morgan fingerprint density at radius 3 is 2.39 bits per heavy atom. The lowest BCUT2D eigenvalue weighted by Gasteiger charge is -2.36. The summed E-state index contributed by atoms with van der Waals surface area (Å²) in [6, 6.07) is 20.4. The molecule has 0 saturated heterocycles. The molecule has 0 fully saturated rings. The van der Waals surface area contributed by atoms with Gasteiger partial charge in [-0.2, -0.15) is 0 Å². The van der Waals surface area contributed by atoms with Crippen molar-refractivity contribution in [3.63, 3.8) is 0 Å². The Hall–Kier alpha value is -2.74. The van der Waals surface area contributed by atoms with Crippen molar-refractivity contribution in [1.82, 2.24) is 9.62 Å². The van der Waals surface area contributed by atoms with Crippen molar-refractivity contribution in [2.45, 2.75) is 30.8 Å². The quantitative estimate of drug-likeness (QED) is 0.564. The predicted molar refractivity (Wildman–Crippen MR) is 130 cm³/mol. The van der Waals surface area contributed by atoms with Crippen molar-refractivity contribution < 1.29 is 12.8 Å². The third kappa shape index (κ3) is 5.27. The SMILES string of the molecule is Cc1cc(S(=O)(=O)NC[C@H](c2ccc(N(C)C)cc2)N2CCc3ccccc3C2)ccc1F. The summed E-state index contributed by atoms with van der Waals surface area (Å²) in [6.07, 6.45) is 0.923. The van der Waals surface area contributed by atoms with Crippen LogP contribution >= 0.6 is 0 Å². The van der Waals surface area contributed by atoms with E-state index in [0.717, 1.165) is 30.8 Å². The van der Waals surface area contributed by atoms with E-state index in [2.05, 4.69) is 52.1 Å². The molecule has 0 spiro atoms. The number of hydrogen-bond donors (Lipinski definition) is 1. The maximum atomic E-state index is 13.7. The second kappa shape index (κ2) is 9.63. The summed E-state index contributed by atoms with van der Waals surface area (Å²) in [7, 11) is 0.211. The minimum atomic E-state index is -3.77. The average molecular weight is 468 g/mol. The van der Waals surface area contributed by atoms with Crippen molar-refractivity contribution >= 4 is 15.7 Å². The fraction of sp³-hybridized carbons (Fsp3) is 0.308. The molecule has 0 bridgehead atoms. The second-order valence-electron chi connectivity index (χ2n) is 8.75. The van der Waals surface area contributed by atoms with Gasteiger partial charge in [0.1, 0.15) is 5.82 Å². The molecule has 0 aromatic heterocycles. The summed E-state index contributed by atoms with van der Waals surface area (Å²) in [4.78, 5) is 4.44. The normalized spacial score (nSPS) is 15.2. The number of fused-ring (bicyclic) bond motifs is 1. The van der Waals surface area contributed by atoms with Crippen LogP contribution in [0.4, 0.5) is 10.1 Å². The van der Waals surface area contributed by atoms with E-state index in [4.69, 9.17) is 0 Å². The molecule has 1 heterocycles. The van der Waals surface area contributed by atoms with Gasteiger partial charge in [-0.05, 0) is 65.9 Å². The van der Waals surface area contributed by atoms with Gasteiger partial charge in [-0.3, -0.25) is 4.90 Å². The Kier molecular flexibility index (Phi) is 6.83. The van der Waals surface area contributed by atoms with E-state index in [-0.39, 0.29) is 17.5 Å². The van der Waals surface area contributed by atoms with Crippen molar-refractivity contribution in [1.29, 1.82) is 0 Å². The molecule has 1 N–H and O–H groups in total. The average Bonchev–Trinajstić information content (AvgIpc) is 2.81. The maximum absolute atomic E-state index is 13.7. The zero-order valence-corrected chi connectivity index (χ0v) is 20.1. The number of rotatable bonds is 7. The van der Waals surface area contributed by atoms with Crippen molar-refractivity contribution in [2.24, 2.45) is 0 Å². The monoisotopic (exact) mass is 467 g/mol. The van der Waals surface area contributed by atoms with Crippen LogP contribution in [0.5, 0.6) is 0 Å². The number of aryl methyl sites for hydroxylation is 1. The molecule has 1 aliphatic heterocycles. The largest absolute Gasteiger partial charge is 0.378 e. The van der Waals surface area contributed by atoms with Gasteiger partial charge >= 0.3 is 0 Å². The molecule has 5 nitrogen and oxygen atoms in total. The molecule has 4 rings (SSSR count). The van der Waals surface area contributed by atoms with E-state index in [1.165, 1.54) is 29.3 Å². The number of hydrogen-bond acceptors (Lipinski definition) is 4. The van der Waals surface area contributed by atoms with E-state index < -0.39 is 15.8 Å². The highest BCUT2D eigenvalue weighted by atomic mass is 32.2. The summed E-state index contributed by atoms with van der Waals surface area (Å²) in [5.41, 5.74) is 5.07. The van der Waals surface area contributed by atoms with Gasteiger partial charge in [0, 0.05) is 45.5 Å². The maximum Gasteiger partial charge on any atom is 0.240 e. The van der Waals surface area contributed by atoms with Crippen LogP contribution in [0.15, 0.2) is 71.6 Å². The number of nitrogens with one attached hydrogen (secondary N) is 1. The van der Waals surface area contributed by atoms with E-state index >= 15 is 0 Å². The minimum Gasteiger partial charge on any atom is -0.378 e. The first-order valence-corrected chi connectivity index (χ1v) is 12.6. The standard InChI is InChI=1S/C26H30FN3O2S/c1-19-16-24(12-13-25(19)27)33(31,32)28-17-26(21-8-10-23(11-9-21)29(2)3)30-15-14-20-6-4-5-7-22(20)18-30/h4-13,16,26,28H,14-15,17-18H2,1-3H3/t26-/m1/s1. The fourth-order valence-corrected chi connectivity index (χ4v) is 5.42. The molecule has 1 atom stereocenters. The van der Waals surface area contributed by atoms with Crippen LogP contribution in [0.3, 0.4) is 0 Å². The first-order valence-electron chi connectivity index (χ1n) is 11.1. The number of anilines is 1. The summed E-state index contributed by atoms with van der Waals surface area (Å²) in [5.74, 6) is -0.417. The third-order valence-corrected chi connectivity index (χ3v) is 7.72. The number of sulfonamides is 1. The Labute approximate surface area is 195 Å². The molecule has 0 saturated carbocycles. The van der Waals surface area contributed by atoms with Gasteiger partial charge in [-0.25, -0.2) is 17.5 Å². The van der Waals surface area contributed by atoms with Crippen LogP contribution in [0.25, 0.3) is 0 Å². The Morgan fingerprint density at radius 1 is 1.03 bits per heavy atom. The lowest BCUT2D eigenvalue weighted by Crippen LogP contribution is -2.40. The van der Waals surface area contributed by atoms with E-state index in [9.17, 15) is 12.8 Å². The third-order valence-electron chi connectivity index (χ3n) is 6.30. The van der Waals surface area contributed by atoms with E-state index in [1.54, 1.807) is 6.92 Å². The van der Waals surface area contributed by atoms with Crippen LogP contribution in [0.1, 0.15) is 28.3 Å². The molecule has 0 aliphatic carbocycles. The molecule has 0 amide bonds. The molecule has 0 radical (unpaired) electrons. The zero-order valence-electron chi connectivity index (χ0n) is 19.3. The first-order chi connectivity index (χ1) is 15.7. The van der Waals surface area contributed by atoms with Gasteiger partial charge in [0.05, 0.1) is 4.90 Å². The van der Waals surface area contributed by atoms with Gasteiger partial charge in [0.15, 0.2) is 0 Å². The Bertz CT molecular complexity index is 1230. The number of benzene rings is 3. The number of nitrogens with zero attached hydrogens (tertiary/aromatic N) is 2. The Morgan fingerprint density at radius 2 is 1.73 bits per heavy atom. The highest BCUT2D eigenvalue weighted by Crippen LogP contribution is 2.29. The lowest BCUT2D eigenvalue weighted by molar-refractivity contribution is 0.180. The summed E-state index contributed by atoms with van der Waals surface area (Å²) >= 11 is 0. The smallest absolute Gasteiger partial charge is 0.240 e. The molecular weight excluding hydrogens is 437 g/mol. The summed E-state index contributed by atoms with van der Waals surface area (Å²) < 4.78 is 42.4. The van der Waals surface area contributed by atoms with Gasteiger partial charge in [0.25, 0.3) is 0 Å². The van der Waals surface area contributed by atoms with Crippen LogP contribution in [-0.2, 0) is 23.0 Å². The predicted octanol–water partition coefficient (Wildman–Crippen LogP) is 4.28. The highest BCUT2D eigenvalue weighted by molar-refractivity contribution is 7.89. The topological polar surface area (TPSA) is 52.7 Å². The molecule has 3 aromatic rings. The van der Waals surface area contributed by atoms with Crippen molar-refractivity contribution in [3.05, 3.63) is 94.8 Å². The molecule has 3 aromatic carbocycles. The lowest BCUT2D eigenvalue weighted by atomic mass is 9.96. The second-order valence-corrected chi connectivity index (χ2v) is 10.5. The molecular formula is C26H30FN3O2S. The van der Waals surface area contributed by atoms with Gasteiger partial charge in [-0.1, -0.05) is 36.4 Å². The fourth-order valence-electron chi connectivity index (χ4n) is 4.29. The molecule has 33 heavy (non-hydrogen) atoms. The van der Waals surface area contributed by atoms with Gasteiger partial charge < -0.3 is 4.90 Å². The zero-order chi connectivity index (χ0) is 23.6.